The minimum atomic E-state index is -0.320. The van der Waals surface area contributed by atoms with Gasteiger partial charge in [0.1, 0.15) is 11.5 Å². The highest BCUT2D eigenvalue weighted by Crippen LogP contribution is 2.28. The van der Waals surface area contributed by atoms with Gasteiger partial charge in [-0.1, -0.05) is 24.3 Å². The van der Waals surface area contributed by atoms with E-state index in [4.69, 9.17) is 9.47 Å². The zero-order valence-corrected chi connectivity index (χ0v) is 16.5. The van der Waals surface area contributed by atoms with E-state index in [-0.39, 0.29) is 11.8 Å². The molecule has 2 amide bonds. The van der Waals surface area contributed by atoms with Crippen molar-refractivity contribution in [3.63, 3.8) is 0 Å². The lowest BCUT2D eigenvalue weighted by Gasteiger charge is -2.15. The second-order valence-corrected chi connectivity index (χ2v) is 6.32. The molecule has 0 aliphatic heterocycles. The van der Waals surface area contributed by atoms with Crippen molar-refractivity contribution in [2.45, 2.75) is 6.92 Å². The molecule has 0 saturated heterocycles. The van der Waals surface area contributed by atoms with Crippen LogP contribution < -0.4 is 20.1 Å². The Morgan fingerprint density at radius 2 is 1.41 bits per heavy atom. The second-order valence-electron chi connectivity index (χ2n) is 6.32. The van der Waals surface area contributed by atoms with Gasteiger partial charge in [0.2, 0.25) is 0 Å². The van der Waals surface area contributed by atoms with Crippen molar-refractivity contribution >= 4 is 23.2 Å². The lowest BCUT2D eigenvalue weighted by Crippen LogP contribution is -2.16. The lowest BCUT2D eigenvalue weighted by atomic mass is 10.1. The fourth-order valence-electron chi connectivity index (χ4n) is 2.87. The molecule has 0 bridgehead atoms. The van der Waals surface area contributed by atoms with Crippen LogP contribution in [0.4, 0.5) is 11.4 Å². The number of amides is 2. The van der Waals surface area contributed by atoms with E-state index in [0.29, 0.717) is 34.0 Å². The highest BCUT2D eigenvalue weighted by atomic mass is 16.5. The summed E-state index contributed by atoms with van der Waals surface area (Å²) in [4.78, 5) is 25.2. The first-order chi connectivity index (χ1) is 14.0. The number of anilines is 2. The highest BCUT2D eigenvalue weighted by molar-refractivity contribution is 6.08. The number of benzene rings is 3. The molecule has 2 N–H and O–H groups in total. The molecule has 6 nitrogen and oxygen atoms in total. The van der Waals surface area contributed by atoms with E-state index in [0.717, 1.165) is 5.56 Å². The van der Waals surface area contributed by atoms with Crippen LogP contribution in [-0.2, 0) is 0 Å². The number of ether oxygens (including phenoxy) is 2. The average molecular weight is 390 g/mol. The minimum absolute atomic E-state index is 0.214. The molecule has 0 atom stereocenters. The van der Waals surface area contributed by atoms with Gasteiger partial charge in [-0.15, -0.1) is 0 Å². The van der Waals surface area contributed by atoms with Gasteiger partial charge < -0.3 is 20.1 Å². The minimum Gasteiger partial charge on any atom is -0.497 e. The van der Waals surface area contributed by atoms with Crippen LogP contribution in [0.1, 0.15) is 26.3 Å². The van der Waals surface area contributed by atoms with Gasteiger partial charge in [-0.25, -0.2) is 0 Å². The third-order valence-corrected chi connectivity index (χ3v) is 4.52. The SMILES string of the molecule is COc1ccc(C(=O)Nc2cccc(NC(=O)c3ccccc3)c2C)c(OC)c1. The van der Waals surface area contributed by atoms with Gasteiger partial charge in [0.25, 0.3) is 11.8 Å². The van der Waals surface area contributed by atoms with E-state index in [9.17, 15) is 9.59 Å². The second kappa shape index (κ2) is 8.93. The molecule has 0 radical (unpaired) electrons. The molecule has 3 aromatic carbocycles. The van der Waals surface area contributed by atoms with E-state index in [2.05, 4.69) is 10.6 Å². The lowest BCUT2D eigenvalue weighted by molar-refractivity contribution is 0.101. The van der Waals surface area contributed by atoms with Gasteiger partial charge in [-0.2, -0.15) is 0 Å². The summed E-state index contributed by atoms with van der Waals surface area (Å²) in [7, 11) is 3.05. The summed E-state index contributed by atoms with van der Waals surface area (Å²) in [5, 5.41) is 5.77. The largest absolute Gasteiger partial charge is 0.497 e. The maximum atomic E-state index is 12.8. The van der Waals surface area contributed by atoms with Gasteiger partial charge in [0.05, 0.1) is 19.8 Å². The standard InChI is InChI=1S/C23H22N2O4/c1-15-19(24-22(26)16-8-5-4-6-9-16)10-7-11-20(15)25-23(27)18-13-12-17(28-2)14-21(18)29-3/h4-14H,1-3H3,(H,24,26)(H,25,27). The van der Waals surface area contributed by atoms with Crippen LogP contribution >= 0.6 is 0 Å². The van der Waals surface area contributed by atoms with E-state index in [1.807, 2.05) is 13.0 Å². The Kier molecular flexibility index (Phi) is 6.14. The van der Waals surface area contributed by atoms with E-state index in [1.165, 1.54) is 7.11 Å². The molecule has 0 unspecified atom stereocenters. The van der Waals surface area contributed by atoms with Gasteiger partial charge in [-0.05, 0) is 48.9 Å². The zero-order chi connectivity index (χ0) is 20.8. The molecule has 0 saturated carbocycles. The molecule has 29 heavy (non-hydrogen) atoms. The number of hydrogen-bond acceptors (Lipinski definition) is 4. The molecule has 3 aromatic rings. The third kappa shape index (κ3) is 4.55. The normalized spacial score (nSPS) is 10.2. The maximum Gasteiger partial charge on any atom is 0.259 e. The summed E-state index contributed by atoms with van der Waals surface area (Å²) < 4.78 is 10.5. The molecule has 0 aromatic heterocycles. The summed E-state index contributed by atoms with van der Waals surface area (Å²) >= 11 is 0. The third-order valence-electron chi connectivity index (χ3n) is 4.52. The molecule has 0 heterocycles. The molecule has 6 heteroatoms. The Balaban J connectivity index is 1.81. The van der Waals surface area contributed by atoms with Crippen LogP contribution in [0.25, 0.3) is 0 Å². The number of carbonyl (C=O) groups excluding carboxylic acids is 2. The number of carbonyl (C=O) groups is 2. The van der Waals surface area contributed by atoms with Crippen LogP contribution in [0.15, 0.2) is 66.7 Å². The van der Waals surface area contributed by atoms with Crippen LogP contribution in [0.3, 0.4) is 0 Å². The molecular weight excluding hydrogens is 368 g/mol. The Labute approximate surface area is 169 Å². The molecule has 0 aliphatic carbocycles. The van der Waals surface area contributed by atoms with Crippen molar-refractivity contribution in [1.82, 2.24) is 0 Å². The summed E-state index contributed by atoms with van der Waals surface area (Å²) in [6.45, 7) is 1.83. The molecule has 3 rings (SSSR count). The molecule has 0 aliphatic rings. The molecule has 0 fully saturated rings. The topological polar surface area (TPSA) is 76.7 Å². The Bertz CT molecular complexity index is 1030. The molecule has 0 spiro atoms. The van der Waals surface area contributed by atoms with Crippen molar-refractivity contribution in [2.24, 2.45) is 0 Å². The highest BCUT2D eigenvalue weighted by Gasteiger charge is 2.16. The number of methoxy groups -OCH3 is 2. The predicted octanol–water partition coefficient (Wildman–Crippen LogP) is 4.52. The summed E-state index contributed by atoms with van der Waals surface area (Å²) in [5.41, 5.74) is 2.91. The smallest absolute Gasteiger partial charge is 0.259 e. The fraction of sp³-hybridized carbons (Fsp3) is 0.130. The zero-order valence-electron chi connectivity index (χ0n) is 16.5. The first-order valence-electron chi connectivity index (χ1n) is 9.03. The quantitative estimate of drug-likeness (QED) is 0.649. The first kappa shape index (κ1) is 19.9. The van der Waals surface area contributed by atoms with Gasteiger partial charge in [0.15, 0.2) is 0 Å². The van der Waals surface area contributed by atoms with Crippen molar-refractivity contribution in [2.75, 3.05) is 24.9 Å². The number of nitrogens with one attached hydrogen (secondary N) is 2. The summed E-state index contributed by atoms with van der Waals surface area (Å²) in [6, 6.07) is 19.3. The van der Waals surface area contributed by atoms with Crippen LogP contribution in [-0.4, -0.2) is 26.0 Å². The van der Waals surface area contributed by atoms with Gasteiger partial charge >= 0.3 is 0 Å². The fourth-order valence-corrected chi connectivity index (χ4v) is 2.87. The van der Waals surface area contributed by atoms with E-state index in [1.54, 1.807) is 67.8 Å². The van der Waals surface area contributed by atoms with Crippen molar-refractivity contribution in [3.05, 3.63) is 83.4 Å². The Morgan fingerprint density at radius 3 is 2.03 bits per heavy atom. The van der Waals surface area contributed by atoms with Gasteiger partial charge in [-0.3, -0.25) is 9.59 Å². The van der Waals surface area contributed by atoms with Crippen molar-refractivity contribution < 1.29 is 19.1 Å². The van der Waals surface area contributed by atoms with E-state index >= 15 is 0 Å². The van der Waals surface area contributed by atoms with Crippen LogP contribution in [0.2, 0.25) is 0 Å². The summed E-state index contributed by atoms with van der Waals surface area (Å²) in [6.07, 6.45) is 0. The predicted molar refractivity (Wildman–Crippen MR) is 113 cm³/mol. The maximum absolute atomic E-state index is 12.8. The Hall–Kier alpha value is -3.80. The number of hydrogen-bond donors (Lipinski definition) is 2. The van der Waals surface area contributed by atoms with Crippen LogP contribution in [0.5, 0.6) is 11.5 Å². The summed E-state index contributed by atoms with van der Waals surface area (Å²) in [5.74, 6) is 0.473. The van der Waals surface area contributed by atoms with Crippen LogP contribution in [0, 0.1) is 6.92 Å². The van der Waals surface area contributed by atoms with Gasteiger partial charge in [0, 0.05) is 23.0 Å². The number of rotatable bonds is 6. The molecular formula is C23H22N2O4. The van der Waals surface area contributed by atoms with Crippen molar-refractivity contribution in [1.29, 1.82) is 0 Å². The van der Waals surface area contributed by atoms with Crippen molar-refractivity contribution in [3.8, 4) is 11.5 Å². The monoisotopic (exact) mass is 390 g/mol. The average Bonchev–Trinajstić information content (AvgIpc) is 2.76. The first-order valence-corrected chi connectivity index (χ1v) is 9.03. The Morgan fingerprint density at radius 1 is 0.759 bits per heavy atom. The van der Waals surface area contributed by atoms with E-state index < -0.39 is 0 Å². The molecule has 148 valence electrons.